The SMILES string of the molecule is O=[Si](O)O.[Hf].[Zr]. The topological polar surface area (TPSA) is 57.5 Å². The van der Waals surface area contributed by atoms with Crippen LogP contribution in [0.1, 0.15) is 0 Å². The Morgan fingerprint density at radius 2 is 1.33 bits per heavy atom. The van der Waals surface area contributed by atoms with Crippen LogP contribution in [0.5, 0.6) is 0 Å². The minimum absolute atomic E-state index is 0. The Kier molecular flexibility index (Phi) is 25.1. The molecular weight excluding hydrogens is 346 g/mol. The molecule has 32 valence electrons. The fourth-order valence-electron chi connectivity index (χ4n) is 0. The summed E-state index contributed by atoms with van der Waals surface area (Å²) in [7, 11) is -3.13. The van der Waals surface area contributed by atoms with Gasteiger partial charge in [-0.15, -0.1) is 0 Å². The van der Waals surface area contributed by atoms with Gasteiger partial charge in [0.05, 0.1) is 0 Å². The first-order chi connectivity index (χ1) is 1.73. The predicted molar refractivity (Wildman–Crippen MR) is 10.9 cm³/mol. The van der Waals surface area contributed by atoms with Crippen molar-refractivity contribution in [3.8, 4) is 0 Å². The summed E-state index contributed by atoms with van der Waals surface area (Å²) in [4.78, 5) is 14.3. The Balaban J connectivity index is -0.0000000450. The predicted octanol–water partition coefficient (Wildman–Crippen LogP) is -1.62. The summed E-state index contributed by atoms with van der Waals surface area (Å²) in [5.74, 6) is 0. The summed E-state index contributed by atoms with van der Waals surface area (Å²) < 4.78 is 8.74. The van der Waals surface area contributed by atoms with E-state index in [1.165, 1.54) is 0 Å². The van der Waals surface area contributed by atoms with Gasteiger partial charge in [-0.25, -0.2) is 0 Å². The molecule has 3 nitrogen and oxygen atoms in total. The second-order valence-electron chi connectivity index (χ2n) is 0.283. The zero-order valence-corrected chi connectivity index (χ0v) is 9.85. The van der Waals surface area contributed by atoms with Gasteiger partial charge in [0.1, 0.15) is 0 Å². The van der Waals surface area contributed by atoms with Crippen LogP contribution >= 0.6 is 0 Å². The van der Waals surface area contributed by atoms with E-state index in [-0.39, 0.29) is 52.0 Å². The van der Waals surface area contributed by atoms with Crippen LogP contribution in [0.15, 0.2) is 0 Å². The molecule has 0 aromatic rings. The van der Waals surface area contributed by atoms with Crippen LogP contribution in [0.2, 0.25) is 0 Å². The molecule has 0 heterocycles. The van der Waals surface area contributed by atoms with Crippen LogP contribution in [0.25, 0.3) is 0 Å². The molecule has 0 saturated heterocycles. The minimum atomic E-state index is -3.13. The van der Waals surface area contributed by atoms with Crippen molar-refractivity contribution in [3.63, 3.8) is 0 Å². The average molecular weight is 348 g/mol. The molecule has 0 rings (SSSR count). The van der Waals surface area contributed by atoms with Crippen molar-refractivity contribution in [3.05, 3.63) is 0 Å². The molecule has 0 radical (unpaired) electrons. The van der Waals surface area contributed by atoms with Crippen LogP contribution in [-0.4, -0.2) is 18.8 Å². The third kappa shape index (κ3) is 54.6. The maximum Gasteiger partial charge on any atom is 0.761 e. The third-order valence-electron chi connectivity index (χ3n) is 0. The summed E-state index contributed by atoms with van der Waals surface area (Å²) in [6, 6.07) is 0. The maximum absolute atomic E-state index is 8.74. The quantitative estimate of drug-likeness (QED) is 0.518. The average Bonchev–Trinajstić information content (AvgIpc) is 0.811. The van der Waals surface area contributed by atoms with Crippen LogP contribution in [0.4, 0.5) is 0 Å². The van der Waals surface area contributed by atoms with Crippen molar-refractivity contribution in [2.45, 2.75) is 0 Å². The molecule has 0 saturated carbocycles. The first-order valence-corrected chi connectivity index (χ1v) is 1.95. The second kappa shape index (κ2) is 9.62. The Morgan fingerprint density at radius 1 is 1.33 bits per heavy atom. The summed E-state index contributed by atoms with van der Waals surface area (Å²) in [6.07, 6.45) is 0. The second-order valence-corrected chi connectivity index (χ2v) is 0.848. The monoisotopic (exact) mass is 348 g/mol. The van der Waals surface area contributed by atoms with E-state index in [9.17, 15) is 0 Å². The van der Waals surface area contributed by atoms with Gasteiger partial charge in [-0.2, -0.15) is 0 Å². The zero-order chi connectivity index (χ0) is 3.58. The van der Waals surface area contributed by atoms with Gasteiger partial charge in [-0.05, 0) is 0 Å². The molecule has 0 aliphatic heterocycles. The molecule has 0 aromatic heterocycles. The number of hydrogen-bond donors (Lipinski definition) is 2. The van der Waals surface area contributed by atoms with Crippen molar-refractivity contribution in [2.75, 3.05) is 0 Å². The Morgan fingerprint density at radius 3 is 1.33 bits per heavy atom. The molecule has 6 heteroatoms. The fraction of sp³-hybridized carbons (Fsp3) is 0. The van der Waals surface area contributed by atoms with Gasteiger partial charge in [0, 0.05) is 52.0 Å². The van der Waals surface area contributed by atoms with Crippen molar-refractivity contribution in [1.82, 2.24) is 0 Å². The van der Waals surface area contributed by atoms with Crippen molar-refractivity contribution >= 4 is 9.17 Å². The normalized spacial score (nSPS) is 4.00. The van der Waals surface area contributed by atoms with E-state index in [2.05, 4.69) is 0 Å². The van der Waals surface area contributed by atoms with Gasteiger partial charge in [-0.1, -0.05) is 0 Å². The molecule has 2 N–H and O–H groups in total. The van der Waals surface area contributed by atoms with E-state index in [1.807, 2.05) is 0 Å². The third-order valence-corrected chi connectivity index (χ3v) is 0. The molecule has 0 unspecified atom stereocenters. The number of hydrogen-bond acceptors (Lipinski definition) is 1. The van der Waals surface area contributed by atoms with E-state index in [4.69, 9.17) is 14.1 Å². The van der Waals surface area contributed by atoms with Crippen molar-refractivity contribution in [2.24, 2.45) is 0 Å². The molecule has 0 spiro atoms. The number of rotatable bonds is 0. The summed E-state index contributed by atoms with van der Waals surface area (Å²) in [5.41, 5.74) is 0. The molecule has 0 aliphatic carbocycles. The molecule has 0 aromatic carbocycles. The maximum atomic E-state index is 8.74. The molecular formula is H2HfO3SiZr. The van der Waals surface area contributed by atoms with Gasteiger partial charge in [0.25, 0.3) is 0 Å². The van der Waals surface area contributed by atoms with Gasteiger partial charge in [-0.3, -0.25) is 4.46 Å². The van der Waals surface area contributed by atoms with Crippen LogP contribution in [0, 0.1) is 0 Å². The van der Waals surface area contributed by atoms with Crippen molar-refractivity contribution < 1.29 is 66.1 Å². The summed E-state index contributed by atoms with van der Waals surface area (Å²) in [5, 5.41) is 0. The molecule has 0 amide bonds. The van der Waals surface area contributed by atoms with E-state index < -0.39 is 9.17 Å². The van der Waals surface area contributed by atoms with Gasteiger partial charge >= 0.3 is 9.17 Å². The summed E-state index contributed by atoms with van der Waals surface area (Å²) >= 11 is 0. The molecule has 0 fully saturated rings. The minimum Gasteiger partial charge on any atom is -0.511 e. The van der Waals surface area contributed by atoms with E-state index in [0.29, 0.717) is 0 Å². The smallest absolute Gasteiger partial charge is 0.511 e. The first kappa shape index (κ1) is 15.7. The van der Waals surface area contributed by atoms with Crippen molar-refractivity contribution in [1.29, 1.82) is 0 Å². The van der Waals surface area contributed by atoms with Gasteiger partial charge < -0.3 is 9.59 Å². The molecule has 0 bridgehead atoms. The molecule has 6 heavy (non-hydrogen) atoms. The molecule has 0 atom stereocenters. The summed E-state index contributed by atoms with van der Waals surface area (Å²) in [6.45, 7) is 0. The Bertz CT molecular complexity index is 33.8. The Hall–Kier alpha value is 1.37. The van der Waals surface area contributed by atoms with E-state index in [1.54, 1.807) is 0 Å². The van der Waals surface area contributed by atoms with E-state index >= 15 is 0 Å². The Labute approximate surface area is 74.6 Å². The molecule has 0 aliphatic rings. The van der Waals surface area contributed by atoms with Crippen LogP contribution < -0.4 is 0 Å². The fourth-order valence-corrected chi connectivity index (χ4v) is 0. The standard InChI is InChI=1S/Hf.H2O3Si.Zr/c;1-4(2)3;/h;1-2H;. The largest absolute Gasteiger partial charge is 0.761 e. The van der Waals surface area contributed by atoms with Gasteiger partial charge in [0.2, 0.25) is 0 Å². The van der Waals surface area contributed by atoms with Crippen LogP contribution in [0.3, 0.4) is 0 Å². The first-order valence-electron chi connectivity index (χ1n) is 0.651. The van der Waals surface area contributed by atoms with Crippen LogP contribution in [-0.2, 0) is 56.5 Å². The zero-order valence-electron chi connectivity index (χ0n) is 2.80. The van der Waals surface area contributed by atoms with E-state index in [0.717, 1.165) is 0 Å². The van der Waals surface area contributed by atoms with Gasteiger partial charge in [0.15, 0.2) is 0 Å².